The fourth-order valence-corrected chi connectivity index (χ4v) is 3.77. The van der Waals surface area contributed by atoms with Gasteiger partial charge in [0.05, 0.1) is 22.4 Å². The van der Waals surface area contributed by atoms with Crippen molar-refractivity contribution in [2.45, 2.75) is 13.1 Å². The highest BCUT2D eigenvalue weighted by molar-refractivity contribution is 7.11. The van der Waals surface area contributed by atoms with Crippen molar-refractivity contribution in [1.82, 2.24) is 4.98 Å². The molecule has 0 aliphatic carbocycles. The fraction of sp³-hybridized carbons (Fsp3) is 0.136. The van der Waals surface area contributed by atoms with Gasteiger partial charge in [-0.3, -0.25) is 4.79 Å². The van der Waals surface area contributed by atoms with Crippen LogP contribution >= 0.6 is 11.3 Å². The molecule has 4 nitrogen and oxygen atoms in total. The Hall–Kier alpha value is -3.58. The number of rotatable bonds is 5. The summed E-state index contributed by atoms with van der Waals surface area (Å²) in [6.45, 7) is 0.441. The molecule has 0 fully saturated rings. The van der Waals surface area contributed by atoms with E-state index in [2.05, 4.69) is 4.98 Å². The molecule has 10 heteroatoms. The van der Waals surface area contributed by atoms with E-state index in [0.29, 0.717) is 0 Å². The fourth-order valence-electron chi connectivity index (χ4n) is 2.94. The van der Waals surface area contributed by atoms with Crippen molar-refractivity contribution in [2.24, 2.45) is 0 Å². The van der Waals surface area contributed by atoms with Crippen molar-refractivity contribution in [3.8, 4) is 17.3 Å². The van der Waals surface area contributed by atoms with Crippen LogP contribution in [0.2, 0.25) is 0 Å². The predicted octanol–water partition coefficient (Wildman–Crippen LogP) is 6.10. The van der Waals surface area contributed by atoms with Gasteiger partial charge >= 0.3 is 12.1 Å². The number of ether oxygens (including phenoxy) is 1. The molecule has 2 aromatic carbocycles. The number of aromatic nitrogens is 1. The zero-order chi connectivity index (χ0) is 23.5. The zero-order valence-electron chi connectivity index (χ0n) is 16.3. The van der Waals surface area contributed by atoms with Gasteiger partial charge in [-0.25, -0.2) is 13.8 Å². The Morgan fingerprint density at radius 2 is 1.78 bits per heavy atom. The van der Waals surface area contributed by atoms with Crippen LogP contribution in [-0.2, 0) is 15.7 Å². The van der Waals surface area contributed by atoms with Crippen molar-refractivity contribution >= 4 is 28.5 Å². The lowest BCUT2D eigenvalue weighted by Crippen LogP contribution is -2.12. The Bertz CT molecular complexity index is 1220. The van der Waals surface area contributed by atoms with Crippen LogP contribution in [0.4, 0.5) is 22.0 Å². The first-order valence-corrected chi connectivity index (χ1v) is 9.85. The summed E-state index contributed by atoms with van der Waals surface area (Å²) < 4.78 is 73.9. The zero-order valence-corrected chi connectivity index (χ0v) is 17.2. The van der Waals surface area contributed by atoms with E-state index in [-0.39, 0.29) is 27.4 Å². The summed E-state index contributed by atoms with van der Waals surface area (Å²) in [4.78, 5) is 15.4. The molecule has 0 saturated heterocycles. The third kappa shape index (κ3) is 4.84. The van der Waals surface area contributed by atoms with Crippen LogP contribution in [0.3, 0.4) is 0 Å². The van der Waals surface area contributed by atoms with E-state index in [1.165, 1.54) is 23.6 Å². The number of benzene rings is 2. The number of esters is 1. The van der Waals surface area contributed by atoms with Crippen LogP contribution in [-0.4, -0.2) is 17.6 Å². The minimum absolute atomic E-state index is 0.0794. The van der Waals surface area contributed by atoms with E-state index in [4.69, 9.17) is 4.74 Å². The summed E-state index contributed by atoms with van der Waals surface area (Å²) >= 11 is 0.819. The smallest absolute Gasteiger partial charge is 0.416 e. The lowest BCUT2D eigenvalue weighted by molar-refractivity contribution is -0.139. The molecule has 0 amide bonds. The van der Waals surface area contributed by atoms with Crippen LogP contribution in [0.15, 0.2) is 47.8 Å². The molecular weight excluding hydrogens is 451 g/mol. The second-order valence-electron chi connectivity index (χ2n) is 6.42. The van der Waals surface area contributed by atoms with Crippen molar-refractivity contribution in [3.63, 3.8) is 0 Å². The van der Waals surface area contributed by atoms with Crippen LogP contribution in [0, 0.1) is 23.0 Å². The maximum Gasteiger partial charge on any atom is 0.416 e. The quantitative estimate of drug-likeness (QED) is 0.260. The predicted molar refractivity (Wildman–Crippen MR) is 108 cm³/mol. The Morgan fingerprint density at radius 1 is 1.12 bits per heavy atom. The largest absolute Gasteiger partial charge is 0.461 e. The number of hydrogen-bond acceptors (Lipinski definition) is 5. The van der Waals surface area contributed by atoms with Crippen LogP contribution in [0.1, 0.15) is 23.1 Å². The van der Waals surface area contributed by atoms with Crippen molar-refractivity contribution in [3.05, 3.63) is 75.6 Å². The number of allylic oxidation sites excluding steroid dienone is 1. The first kappa shape index (κ1) is 23.1. The maximum atomic E-state index is 14.1. The second-order valence-corrected chi connectivity index (χ2v) is 7.28. The second kappa shape index (κ2) is 9.28. The number of halogens is 5. The monoisotopic (exact) mass is 464 g/mol. The number of nitriles is 1. The number of thiazole rings is 1. The SMILES string of the molecule is CC(=O)OC/C(=C(/C#N)c1nc(-c2c(F)cccc2F)cs1)c1ccccc1C(F)(F)F. The van der Waals surface area contributed by atoms with Crippen LogP contribution < -0.4 is 0 Å². The molecule has 0 unspecified atom stereocenters. The highest BCUT2D eigenvalue weighted by atomic mass is 32.1. The summed E-state index contributed by atoms with van der Waals surface area (Å²) in [6.07, 6.45) is -4.75. The van der Waals surface area contributed by atoms with Gasteiger partial charge in [-0.15, -0.1) is 11.3 Å². The van der Waals surface area contributed by atoms with Crippen molar-refractivity contribution < 1.29 is 31.5 Å². The van der Waals surface area contributed by atoms with E-state index in [9.17, 15) is 32.0 Å². The van der Waals surface area contributed by atoms with Gasteiger partial charge in [-0.2, -0.15) is 18.4 Å². The molecule has 3 rings (SSSR count). The molecule has 0 spiro atoms. The Morgan fingerprint density at radius 3 is 2.38 bits per heavy atom. The molecule has 0 aliphatic rings. The first-order chi connectivity index (χ1) is 15.1. The van der Waals surface area contributed by atoms with Gasteiger partial charge < -0.3 is 4.74 Å². The molecule has 3 aromatic rings. The normalized spacial score (nSPS) is 12.2. The van der Waals surface area contributed by atoms with E-state index in [1.807, 2.05) is 0 Å². The van der Waals surface area contributed by atoms with Crippen LogP contribution in [0.5, 0.6) is 0 Å². The minimum atomic E-state index is -4.75. The van der Waals surface area contributed by atoms with Gasteiger partial charge in [-0.05, 0) is 23.8 Å². The summed E-state index contributed by atoms with van der Waals surface area (Å²) in [5, 5.41) is 11.0. The number of alkyl halides is 3. The third-order valence-corrected chi connectivity index (χ3v) is 5.19. The van der Waals surface area contributed by atoms with E-state index in [1.54, 1.807) is 6.07 Å². The molecule has 1 aromatic heterocycles. The molecule has 0 atom stereocenters. The van der Waals surface area contributed by atoms with Crippen LogP contribution in [0.25, 0.3) is 22.4 Å². The summed E-state index contributed by atoms with van der Waals surface area (Å²) in [7, 11) is 0. The van der Waals surface area contributed by atoms with E-state index < -0.39 is 41.5 Å². The van der Waals surface area contributed by atoms with Crippen molar-refractivity contribution in [2.75, 3.05) is 6.61 Å². The van der Waals surface area contributed by atoms with Gasteiger partial charge in [0.1, 0.15) is 29.3 Å². The summed E-state index contributed by atoms with van der Waals surface area (Å²) in [6, 6.07) is 9.54. The highest BCUT2D eigenvalue weighted by Gasteiger charge is 2.35. The molecule has 0 radical (unpaired) electrons. The number of nitrogens with zero attached hydrogens (tertiary/aromatic N) is 2. The minimum Gasteiger partial charge on any atom is -0.461 e. The molecule has 0 bridgehead atoms. The standard InChI is InChI=1S/C22H13F5N2O2S/c1-12(30)31-10-15(13-5-2-3-6-16(13)22(25,26)27)14(9-28)21-29-19(11-32-21)20-17(23)7-4-8-18(20)24/h2-8,11H,10H2,1H3/b15-14+. The summed E-state index contributed by atoms with van der Waals surface area (Å²) in [5.74, 6) is -2.53. The van der Waals surface area contributed by atoms with Gasteiger partial charge in [0, 0.05) is 17.9 Å². The Labute approximate surface area is 183 Å². The van der Waals surface area contributed by atoms with E-state index in [0.717, 1.165) is 42.5 Å². The highest BCUT2D eigenvalue weighted by Crippen LogP contribution is 2.39. The average Bonchev–Trinajstić information content (AvgIpc) is 3.19. The molecule has 32 heavy (non-hydrogen) atoms. The third-order valence-electron chi connectivity index (χ3n) is 4.33. The van der Waals surface area contributed by atoms with Gasteiger partial charge in [0.2, 0.25) is 0 Å². The lowest BCUT2D eigenvalue weighted by Gasteiger charge is -2.16. The molecule has 0 saturated carbocycles. The summed E-state index contributed by atoms with van der Waals surface area (Å²) in [5.41, 5.74) is -2.49. The van der Waals surface area contributed by atoms with E-state index >= 15 is 0 Å². The molecule has 0 aliphatic heterocycles. The molecule has 0 N–H and O–H groups in total. The van der Waals surface area contributed by atoms with Gasteiger partial charge in [0.15, 0.2) is 0 Å². The number of hydrogen-bond donors (Lipinski definition) is 0. The lowest BCUT2D eigenvalue weighted by atomic mass is 9.96. The van der Waals surface area contributed by atoms with Gasteiger partial charge in [0.25, 0.3) is 0 Å². The first-order valence-electron chi connectivity index (χ1n) is 8.97. The Kier molecular flexibility index (Phi) is 6.69. The van der Waals surface area contributed by atoms with Crippen molar-refractivity contribution in [1.29, 1.82) is 5.26 Å². The Balaban J connectivity index is 2.22. The topological polar surface area (TPSA) is 63.0 Å². The molecular formula is C22H13F5N2O2S. The average molecular weight is 464 g/mol. The molecule has 164 valence electrons. The van der Waals surface area contributed by atoms with Gasteiger partial charge in [-0.1, -0.05) is 24.3 Å². The molecule has 1 heterocycles. The maximum absolute atomic E-state index is 14.1. The number of carbonyl (C=O) groups is 1. The number of carbonyl (C=O) groups excluding carboxylic acids is 1.